The normalized spacial score (nSPS) is 12.8. The average molecular weight is 216 g/mol. The summed E-state index contributed by atoms with van der Waals surface area (Å²) in [6.45, 7) is 1.59. The smallest absolute Gasteiger partial charge is 0.253 e. The standard InChI is InChI=1S/C8H11NO4S/c1-5-3-7(10)9(2)8(11)6(5)4-14(12)13/h3,11H,4H2,1-2H3,(H,12,13)/p-1. The molecule has 0 saturated heterocycles. The van der Waals surface area contributed by atoms with Crippen LogP contribution in [-0.4, -0.2) is 18.4 Å². The summed E-state index contributed by atoms with van der Waals surface area (Å²) in [6.07, 6.45) is 0. The minimum atomic E-state index is -2.28. The van der Waals surface area contributed by atoms with E-state index in [9.17, 15) is 18.7 Å². The molecule has 1 atom stereocenters. The summed E-state index contributed by atoms with van der Waals surface area (Å²) < 4.78 is 22.0. The second kappa shape index (κ2) is 3.93. The van der Waals surface area contributed by atoms with E-state index < -0.39 is 11.1 Å². The van der Waals surface area contributed by atoms with Crippen molar-refractivity contribution < 1.29 is 13.9 Å². The van der Waals surface area contributed by atoms with Crippen LogP contribution in [0.2, 0.25) is 0 Å². The van der Waals surface area contributed by atoms with Crippen LogP contribution in [0, 0.1) is 6.92 Å². The molecule has 1 heterocycles. The fraction of sp³-hybridized carbons (Fsp3) is 0.375. The lowest BCUT2D eigenvalue weighted by molar-refractivity contribution is 0.416. The Morgan fingerprint density at radius 3 is 2.71 bits per heavy atom. The van der Waals surface area contributed by atoms with Crippen molar-refractivity contribution in [1.82, 2.24) is 4.57 Å². The number of rotatable bonds is 2. The van der Waals surface area contributed by atoms with Crippen LogP contribution in [0.5, 0.6) is 5.88 Å². The van der Waals surface area contributed by atoms with Crippen LogP contribution in [0.15, 0.2) is 10.9 Å². The molecule has 0 aliphatic carbocycles. The molecule has 0 amide bonds. The van der Waals surface area contributed by atoms with Crippen LogP contribution >= 0.6 is 0 Å². The van der Waals surface area contributed by atoms with Gasteiger partial charge in [-0.25, -0.2) is 0 Å². The highest BCUT2D eigenvalue weighted by molar-refractivity contribution is 7.78. The number of pyridine rings is 1. The van der Waals surface area contributed by atoms with Gasteiger partial charge in [-0.3, -0.25) is 13.6 Å². The Labute approximate surface area is 83.3 Å². The third-order valence-electron chi connectivity index (χ3n) is 2.00. The molecule has 1 N–H and O–H groups in total. The molecule has 0 aliphatic rings. The van der Waals surface area contributed by atoms with E-state index in [2.05, 4.69) is 0 Å². The van der Waals surface area contributed by atoms with Crippen molar-refractivity contribution in [2.75, 3.05) is 0 Å². The van der Waals surface area contributed by atoms with E-state index in [0.29, 0.717) is 5.56 Å². The van der Waals surface area contributed by atoms with Gasteiger partial charge in [0, 0.05) is 24.4 Å². The third-order valence-corrected chi connectivity index (χ3v) is 2.52. The van der Waals surface area contributed by atoms with E-state index in [1.54, 1.807) is 6.92 Å². The molecule has 0 bridgehead atoms. The maximum atomic E-state index is 11.1. The van der Waals surface area contributed by atoms with Gasteiger partial charge in [0.1, 0.15) is 0 Å². The summed E-state index contributed by atoms with van der Waals surface area (Å²) >= 11 is -2.28. The van der Waals surface area contributed by atoms with Crippen LogP contribution < -0.4 is 5.56 Å². The number of nitrogens with zero attached hydrogens (tertiary/aromatic N) is 1. The summed E-state index contributed by atoms with van der Waals surface area (Å²) in [7, 11) is 1.38. The highest BCUT2D eigenvalue weighted by Gasteiger charge is 2.09. The van der Waals surface area contributed by atoms with Gasteiger partial charge in [0.2, 0.25) is 0 Å². The van der Waals surface area contributed by atoms with Crippen molar-refractivity contribution in [3.63, 3.8) is 0 Å². The monoisotopic (exact) mass is 216 g/mol. The molecule has 0 aliphatic heterocycles. The molecule has 0 spiro atoms. The number of aromatic nitrogens is 1. The Kier molecular flexibility index (Phi) is 3.07. The highest BCUT2D eigenvalue weighted by atomic mass is 32.2. The van der Waals surface area contributed by atoms with Gasteiger partial charge < -0.3 is 9.66 Å². The lowest BCUT2D eigenvalue weighted by atomic mass is 10.2. The summed E-state index contributed by atoms with van der Waals surface area (Å²) in [5.41, 5.74) is 0.385. The van der Waals surface area contributed by atoms with E-state index in [0.717, 1.165) is 4.57 Å². The molecule has 0 radical (unpaired) electrons. The van der Waals surface area contributed by atoms with Gasteiger partial charge in [0.05, 0.1) is 0 Å². The van der Waals surface area contributed by atoms with Crippen molar-refractivity contribution >= 4 is 11.1 Å². The van der Waals surface area contributed by atoms with Crippen molar-refractivity contribution in [3.05, 3.63) is 27.5 Å². The Hall–Kier alpha value is -1.14. The Bertz CT molecular complexity index is 438. The lowest BCUT2D eigenvalue weighted by Crippen LogP contribution is -2.18. The first-order valence-electron chi connectivity index (χ1n) is 3.88. The SMILES string of the molecule is Cc1cc(=O)n(C)c(O)c1CS(=O)[O-]. The van der Waals surface area contributed by atoms with E-state index >= 15 is 0 Å². The van der Waals surface area contributed by atoms with Crippen LogP contribution in [0.1, 0.15) is 11.1 Å². The summed E-state index contributed by atoms with van der Waals surface area (Å²) in [6, 6.07) is 1.29. The molecule has 5 nitrogen and oxygen atoms in total. The van der Waals surface area contributed by atoms with E-state index in [-0.39, 0.29) is 22.8 Å². The molecule has 0 saturated carbocycles. The zero-order valence-electron chi connectivity index (χ0n) is 7.81. The van der Waals surface area contributed by atoms with E-state index in [1.165, 1.54) is 13.1 Å². The molecule has 1 rings (SSSR count). The van der Waals surface area contributed by atoms with E-state index in [1.807, 2.05) is 0 Å². The van der Waals surface area contributed by atoms with Crippen molar-refractivity contribution in [2.24, 2.45) is 7.05 Å². The number of aryl methyl sites for hydroxylation is 1. The van der Waals surface area contributed by atoms with Crippen LogP contribution in [0.25, 0.3) is 0 Å². The minimum absolute atomic E-state index is 0.264. The highest BCUT2D eigenvalue weighted by Crippen LogP contribution is 2.18. The first-order chi connectivity index (χ1) is 6.43. The summed E-state index contributed by atoms with van der Waals surface area (Å²) in [5, 5.41) is 9.50. The van der Waals surface area contributed by atoms with Gasteiger partial charge in [-0.1, -0.05) is 11.1 Å². The second-order valence-electron chi connectivity index (χ2n) is 2.97. The van der Waals surface area contributed by atoms with E-state index in [4.69, 9.17) is 0 Å². The molecule has 14 heavy (non-hydrogen) atoms. The summed E-state index contributed by atoms with van der Waals surface area (Å²) in [5.74, 6) is -0.578. The minimum Gasteiger partial charge on any atom is -0.772 e. The van der Waals surface area contributed by atoms with Gasteiger partial charge >= 0.3 is 0 Å². The maximum absolute atomic E-state index is 11.1. The topological polar surface area (TPSA) is 82.4 Å². The van der Waals surface area contributed by atoms with Crippen LogP contribution in [0.4, 0.5) is 0 Å². The molecule has 1 unspecified atom stereocenters. The molecular formula is C8H10NO4S-. The average Bonchev–Trinajstić information content (AvgIpc) is 2.09. The molecule has 1 aromatic rings. The fourth-order valence-corrected chi connectivity index (χ4v) is 1.74. The predicted octanol–water partition coefficient (Wildman–Crippen LogP) is -0.222. The van der Waals surface area contributed by atoms with Gasteiger partial charge in [-0.15, -0.1) is 0 Å². The number of hydrogen-bond donors (Lipinski definition) is 1. The maximum Gasteiger partial charge on any atom is 0.253 e. The predicted molar refractivity (Wildman–Crippen MR) is 50.7 cm³/mol. The molecule has 6 heteroatoms. The lowest BCUT2D eigenvalue weighted by Gasteiger charge is -2.12. The zero-order valence-corrected chi connectivity index (χ0v) is 8.63. The van der Waals surface area contributed by atoms with Crippen molar-refractivity contribution in [1.29, 1.82) is 0 Å². The van der Waals surface area contributed by atoms with Gasteiger partial charge in [-0.05, 0) is 12.5 Å². The van der Waals surface area contributed by atoms with Crippen LogP contribution in [0.3, 0.4) is 0 Å². The molecular weight excluding hydrogens is 206 g/mol. The van der Waals surface area contributed by atoms with Crippen molar-refractivity contribution in [2.45, 2.75) is 12.7 Å². The molecule has 78 valence electrons. The second-order valence-corrected chi connectivity index (χ2v) is 3.87. The zero-order chi connectivity index (χ0) is 10.9. The number of hydrogen-bond acceptors (Lipinski definition) is 4. The summed E-state index contributed by atoms with van der Waals surface area (Å²) in [4.78, 5) is 11.1. The largest absolute Gasteiger partial charge is 0.772 e. The first-order valence-corrected chi connectivity index (χ1v) is 5.12. The number of aromatic hydroxyl groups is 1. The quantitative estimate of drug-likeness (QED) is 0.693. The van der Waals surface area contributed by atoms with Crippen molar-refractivity contribution in [3.8, 4) is 5.88 Å². The Morgan fingerprint density at radius 1 is 1.64 bits per heavy atom. The van der Waals surface area contributed by atoms with Gasteiger partial charge in [0.25, 0.3) is 5.56 Å². The first kappa shape index (κ1) is 10.9. The third kappa shape index (κ3) is 2.02. The molecule has 0 aromatic carbocycles. The fourth-order valence-electron chi connectivity index (χ4n) is 1.15. The Balaban J connectivity index is 3.36. The van der Waals surface area contributed by atoms with Gasteiger partial charge in [-0.2, -0.15) is 0 Å². The van der Waals surface area contributed by atoms with Crippen LogP contribution in [-0.2, 0) is 23.9 Å². The molecule has 0 fully saturated rings. The molecule has 1 aromatic heterocycles. The van der Waals surface area contributed by atoms with Gasteiger partial charge in [0.15, 0.2) is 5.88 Å². The Morgan fingerprint density at radius 2 is 2.21 bits per heavy atom.